The zero-order chi connectivity index (χ0) is 38.4. The number of hydrogen-bond donors (Lipinski definition) is 2. The fourth-order valence-corrected chi connectivity index (χ4v) is 7.19. The van der Waals surface area contributed by atoms with Crippen molar-refractivity contribution in [1.82, 2.24) is 25.4 Å². The highest BCUT2D eigenvalue weighted by molar-refractivity contribution is 7.09. The van der Waals surface area contributed by atoms with Crippen LogP contribution in [0.15, 0.2) is 35.7 Å². The van der Waals surface area contributed by atoms with E-state index in [9.17, 15) is 24.0 Å². The second-order valence-corrected chi connectivity index (χ2v) is 15.5. The molecule has 0 saturated carbocycles. The lowest BCUT2D eigenvalue weighted by Gasteiger charge is -2.39. The van der Waals surface area contributed by atoms with Gasteiger partial charge in [-0.25, -0.2) is 4.98 Å². The van der Waals surface area contributed by atoms with Crippen LogP contribution in [-0.2, 0) is 35.1 Å². The minimum Gasteiger partial charge on any atom is -0.455 e. The van der Waals surface area contributed by atoms with Crippen molar-refractivity contribution >= 4 is 41.0 Å². The quantitative estimate of drug-likeness (QED) is 0.140. The van der Waals surface area contributed by atoms with Crippen molar-refractivity contribution in [3.63, 3.8) is 0 Å². The van der Waals surface area contributed by atoms with E-state index in [1.165, 1.54) is 23.2 Å². The van der Waals surface area contributed by atoms with E-state index < -0.39 is 30.1 Å². The average molecular weight is 742 g/mol. The van der Waals surface area contributed by atoms with E-state index in [0.29, 0.717) is 30.8 Å². The van der Waals surface area contributed by atoms with Crippen molar-refractivity contribution < 1.29 is 33.4 Å². The Kier molecular flexibility index (Phi) is 17.2. The lowest BCUT2D eigenvalue weighted by atomic mass is 9.92. The maximum absolute atomic E-state index is 14.7. The Morgan fingerprint density at radius 3 is 2.38 bits per heavy atom. The third-order valence-corrected chi connectivity index (χ3v) is 10.5. The minimum atomic E-state index is -0.894. The summed E-state index contributed by atoms with van der Waals surface area (Å²) in [6.07, 6.45) is 3.35. The molecule has 0 radical (unpaired) electrons. The number of benzene rings is 1. The van der Waals surface area contributed by atoms with Crippen LogP contribution in [0.25, 0.3) is 0 Å². The number of carbonyl (C=O) groups excluding carboxylic acids is 5. The molecule has 288 valence electrons. The summed E-state index contributed by atoms with van der Waals surface area (Å²) in [6.45, 7) is 13.8. The van der Waals surface area contributed by atoms with E-state index in [-0.39, 0.29) is 66.8 Å². The lowest BCUT2D eigenvalue weighted by molar-refractivity contribution is -0.160. The number of likely N-dealkylation sites (N-methyl/N-ethyl adjacent to an activating group) is 1. The molecule has 0 aliphatic carbocycles. The van der Waals surface area contributed by atoms with Crippen LogP contribution in [0.4, 0.5) is 0 Å². The Balaban J connectivity index is 1.90. The number of ether oxygens (including phenoxy) is 2. The molecule has 1 fully saturated rings. The van der Waals surface area contributed by atoms with E-state index in [0.717, 1.165) is 24.9 Å². The normalized spacial score (nSPS) is 17.2. The van der Waals surface area contributed by atoms with Gasteiger partial charge in [0.1, 0.15) is 16.7 Å². The highest BCUT2D eigenvalue weighted by Gasteiger charge is 2.39. The average Bonchev–Trinajstić information content (AvgIpc) is 3.60. The molecule has 2 heterocycles. The molecule has 13 heteroatoms. The minimum absolute atomic E-state index is 0.0557. The molecule has 1 aliphatic rings. The lowest BCUT2D eigenvalue weighted by Crippen LogP contribution is -2.59. The van der Waals surface area contributed by atoms with Crippen molar-refractivity contribution in [2.75, 3.05) is 26.9 Å². The number of nitrogens with zero attached hydrogens (tertiary/aromatic N) is 3. The number of amides is 3. The molecule has 1 unspecified atom stereocenters. The van der Waals surface area contributed by atoms with Crippen molar-refractivity contribution in [1.29, 1.82) is 0 Å². The fourth-order valence-electron chi connectivity index (χ4n) is 6.35. The van der Waals surface area contributed by atoms with Crippen molar-refractivity contribution in [2.45, 2.75) is 118 Å². The van der Waals surface area contributed by atoms with Crippen molar-refractivity contribution in [2.24, 2.45) is 17.8 Å². The molecular formula is C39H59N5O7S. The van der Waals surface area contributed by atoms with Gasteiger partial charge in [-0.1, -0.05) is 84.7 Å². The van der Waals surface area contributed by atoms with Gasteiger partial charge in [0.15, 0.2) is 12.8 Å². The summed E-state index contributed by atoms with van der Waals surface area (Å²) >= 11 is 1.20. The molecule has 3 rings (SSSR count). The number of carbonyl (C=O) groups is 5. The van der Waals surface area contributed by atoms with Crippen molar-refractivity contribution in [3.05, 3.63) is 52.0 Å². The number of nitrogens with one attached hydrogen (secondary N) is 2. The Bertz CT molecular complexity index is 1470. The third kappa shape index (κ3) is 13.0. The molecule has 12 nitrogen and oxygen atoms in total. The SMILES string of the molecule is CC[C@H](C)[C@H](NC(=O)C1CCCCN1C)C(=O)N(COC(=O)CC(C)C)[C@H](C[C@@H](OC(C)=O)c1nc(C(=O)NCCc2ccccc2)cs1)C(C)C. The fraction of sp³-hybridized carbons (Fsp3) is 0.641. The summed E-state index contributed by atoms with van der Waals surface area (Å²) in [5.74, 6) is -2.26. The molecule has 1 aliphatic heterocycles. The molecule has 2 N–H and O–H groups in total. The Morgan fingerprint density at radius 1 is 1.06 bits per heavy atom. The molecule has 5 atom stereocenters. The van der Waals surface area contributed by atoms with Gasteiger partial charge >= 0.3 is 11.9 Å². The van der Waals surface area contributed by atoms with Crippen LogP contribution in [0.5, 0.6) is 0 Å². The first kappa shape index (κ1) is 42.6. The topological polar surface area (TPSA) is 147 Å². The maximum Gasteiger partial charge on any atom is 0.307 e. The third-order valence-electron chi connectivity index (χ3n) is 9.58. The zero-order valence-corrected chi connectivity index (χ0v) is 33.0. The summed E-state index contributed by atoms with van der Waals surface area (Å²) in [5.41, 5.74) is 1.30. The molecule has 0 bridgehead atoms. The first-order valence-electron chi connectivity index (χ1n) is 18.6. The summed E-state index contributed by atoms with van der Waals surface area (Å²) in [4.78, 5) is 74.7. The van der Waals surface area contributed by atoms with Gasteiger partial charge in [-0.3, -0.25) is 28.9 Å². The van der Waals surface area contributed by atoms with Crippen LogP contribution in [0, 0.1) is 17.8 Å². The maximum atomic E-state index is 14.7. The van der Waals surface area contributed by atoms with E-state index in [4.69, 9.17) is 9.47 Å². The van der Waals surface area contributed by atoms with Crippen LogP contribution >= 0.6 is 11.3 Å². The first-order valence-corrected chi connectivity index (χ1v) is 19.5. The van der Waals surface area contributed by atoms with Gasteiger partial charge in [0.05, 0.1) is 6.04 Å². The molecule has 1 aromatic carbocycles. The predicted molar refractivity (Wildman–Crippen MR) is 201 cm³/mol. The van der Waals surface area contributed by atoms with Crippen LogP contribution in [0.1, 0.15) is 114 Å². The Morgan fingerprint density at radius 2 is 1.77 bits per heavy atom. The Labute approximate surface area is 313 Å². The Hall–Kier alpha value is -3.84. The van der Waals surface area contributed by atoms with E-state index in [1.54, 1.807) is 5.38 Å². The van der Waals surface area contributed by atoms with Gasteiger partial charge in [-0.05, 0) is 56.2 Å². The summed E-state index contributed by atoms with van der Waals surface area (Å²) in [7, 11) is 1.92. The van der Waals surface area contributed by atoms with Gasteiger partial charge in [0.25, 0.3) is 5.91 Å². The molecule has 2 aromatic rings. The number of likely N-dealkylation sites (tertiary alicyclic amines) is 1. The largest absolute Gasteiger partial charge is 0.455 e. The van der Waals surface area contributed by atoms with Crippen molar-refractivity contribution in [3.8, 4) is 0 Å². The van der Waals surface area contributed by atoms with E-state index in [1.807, 2.05) is 83.8 Å². The number of aromatic nitrogens is 1. The van der Waals surface area contributed by atoms with Gasteiger partial charge < -0.3 is 25.0 Å². The number of piperidine rings is 1. The van der Waals surface area contributed by atoms with Crippen LogP contribution < -0.4 is 10.6 Å². The van der Waals surface area contributed by atoms with Crippen LogP contribution in [0.3, 0.4) is 0 Å². The number of thiazole rings is 1. The second-order valence-electron chi connectivity index (χ2n) is 14.6. The van der Waals surface area contributed by atoms with E-state index >= 15 is 0 Å². The van der Waals surface area contributed by atoms with Gasteiger partial charge in [-0.2, -0.15) is 0 Å². The molecule has 1 aromatic heterocycles. The summed E-state index contributed by atoms with van der Waals surface area (Å²) in [6, 6.07) is 8.01. The second kappa shape index (κ2) is 21.0. The van der Waals surface area contributed by atoms with Gasteiger partial charge in [0.2, 0.25) is 11.8 Å². The molecule has 52 heavy (non-hydrogen) atoms. The smallest absolute Gasteiger partial charge is 0.307 e. The zero-order valence-electron chi connectivity index (χ0n) is 32.2. The highest BCUT2D eigenvalue weighted by atomic mass is 32.1. The monoisotopic (exact) mass is 741 g/mol. The summed E-state index contributed by atoms with van der Waals surface area (Å²) in [5, 5.41) is 8.01. The number of hydrogen-bond acceptors (Lipinski definition) is 10. The predicted octanol–water partition coefficient (Wildman–Crippen LogP) is 5.53. The van der Waals surface area contributed by atoms with E-state index in [2.05, 4.69) is 15.6 Å². The molecule has 3 amide bonds. The standard InChI is InChI=1S/C39H59N5O7S/c1-9-27(6)35(42-37(48)31-17-13-14-20-43(31)8)39(49)44(24-50-34(46)21-25(2)3)32(26(4)5)22-33(51-28(7)45)38-41-30(23-52-38)36(47)40-19-18-29-15-11-10-12-16-29/h10-12,15-16,23,25-27,31-33,35H,9,13-14,17-22,24H2,1-8H3,(H,40,47)(H,42,48)/t27-,31?,32+,33+,35-/m0/s1. The van der Waals surface area contributed by atoms with Crippen LogP contribution in [-0.4, -0.2) is 89.4 Å². The number of esters is 2. The first-order chi connectivity index (χ1) is 24.7. The summed E-state index contributed by atoms with van der Waals surface area (Å²) < 4.78 is 11.5. The molecule has 0 spiro atoms. The van der Waals surface area contributed by atoms with Gasteiger partial charge in [0, 0.05) is 37.7 Å². The highest BCUT2D eigenvalue weighted by Crippen LogP contribution is 2.32. The van der Waals surface area contributed by atoms with Crippen LogP contribution in [0.2, 0.25) is 0 Å². The molecule has 1 saturated heterocycles. The van der Waals surface area contributed by atoms with Gasteiger partial charge in [-0.15, -0.1) is 11.3 Å². The molecular weight excluding hydrogens is 683 g/mol. The number of rotatable bonds is 19.